The lowest BCUT2D eigenvalue weighted by molar-refractivity contribution is 0.336. The normalized spacial score (nSPS) is 11.3. The van der Waals surface area contributed by atoms with Crippen molar-refractivity contribution in [3.05, 3.63) is 48.0 Å². The molecule has 0 aliphatic rings. The maximum atomic E-state index is 5.70. The average molecular weight is 315 g/mol. The Morgan fingerprint density at radius 2 is 2.22 bits per heavy atom. The second kappa shape index (κ2) is 8.82. The molecule has 6 nitrogen and oxygen atoms in total. The van der Waals surface area contributed by atoms with E-state index >= 15 is 0 Å². The molecule has 0 unspecified atom stereocenters. The largest absolute Gasteiger partial charge is 0.494 e. The van der Waals surface area contributed by atoms with Crippen LogP contribution < -0.4 is 15.4 Å². The molecule has 1 aromatic carbocycles. The van der Waals surface area contributed by atoms with Crippen molar-refractivity contribution in [1.29, 1.82) is 0 Å². The van der Waals surface area contributed by atoms with Gasteiger partial charge in [-0.15, -0.1) is 0 Å². The third-order valence-corrected chi connectivity index (χ3v) is 3.41. The monoisotopic (exact) mass is 315 g/mol. The van der Waals surface area contributed by atoms with Gasteiger partial charge in [-0.25, -0.2) is 4.98 Å². The molecule has 0 radical (unpaired) electrons. The minimum Gasteiger partial charge on any atom is -0.494 e. The molecule has 0 amide bonds. The molecule has 0 atom stereocenters. The topological polar surface area (TPSA) is 63.5 Å². The number of hydrogen-bond donors (Lipinski definition) is 2. The Kier molecular flexibility index (Phi) is 6.47. The Morgan fingerprint density at radius 3 is 2.91 bits per heavy atom. The van der Waals surface area contributed by atoms with E-state index in [0.717, 1.165) is 30.4 Å². The zero-order valence-corrected chi connectivity index (χ0v) is 14.0. The predicted octanol–water partition coefficient (Wildman–Crippen LogP) is 1.96. The van der Waals surface area contributed by atoms with E-state index in [1.165, 1.54) is 5.56 Å². The van der Waals surface area contributed by atoms with E-state index in [9.17, 15) is 0 Å². The Balaban J connectivity index is 1.85. The number of benzene rings is 1. The molecule has 0 spiro atoms. The molecule has 0 fully saturated rings. The average Bonchev–Trinajstić information content (AvgIpc) is 3.06. The van der Waals surface area contributed by atoms with Crippen molar-refractivity contribution in [2.45, 2.75) is 26.9 Å². The van der Waals surface area contributed by atoms with Gasteiger partial charge in [0.1, 0.15) is 5.75 Å². The van der Waals surface area contributed by atoms with E-state index in [0.29, 0.717) is 13.2 Å². The van der Waals surface area contributed by atoms with Crippen molar-refractivity contribution in [2.24, 2.45) is 4.99 Å². The minimum absolute atomic E-state index is 0.661. The highest BCUT2D eigenvalue weighted by Gasteiger charge is 2.05. The molecule has 0 bridgehead atoms. The Labute approximate surface area is 137 Å². The fourth-order valence-electron chi connectivity index (χ4n) is 2.22. The summed E-state index contributed by atoms with van der Waals surface area (Å²) in [7, 11) is 1.77. The van der Waals surface area contributed by atoms with Gasteiger partial charge < -0.3 is 19.9 Å². The van der Waals surface area contributed by atoms with Crippen molar-refractivity contribution in [2.75, 3.05) is 20.2 Å². The molecule has 0 saturated heterocycles. The number of aryl methyl sites for hydroxylation is 1. The molecular weight excluding hydrogens is 290 g/mol. The summed E-state index contributed by atoms with van der Waals surface area (Å²) < 4.78 is 7.72. The lowest BCUT2D eigenvalue weighted by atomic mass is 10.1. The first-order valence-corrected chi connectivity index (χ1v) is 7.85. The number of nitrogens with one attached hydrogen (secondary N) is 2. The van der Waals surface area contributed by atoms with Crippen LogP contribution in [0.15, 0.2) is 41.9 Å². The number of hydrogen-bond acceptors (Lipinski definition) is 3. The van der Waals surface area contributed by atoms with Crippen LogP contribution in [0.3, 0.4) is 0 Å². The molecule has 2 N–H and O–H groups in total. The number of imidazole rings is 1. The molecule has 6 heteroatoms. The lowest BCUT2D eigenvalue weighted by Crippen LogP contribution is -2.38. The predicted molar refractivity (Wildman–Crippen MR) is 92.8 cm³/mol. The van der Waals surface area contributed by atoms with Crippen molar-refractivity contribution < 1.29 is 4.74 Å². The first-order valence-electron chi connectivity index (χ1n) is 7.85. The second-order valence-electron chi connectivity index (χ2n) is 5.20. The number of ether oxygens (including phenoxy) is 1. The van der Waals surface area contributed by atoms with Gasteiger partial charge in [-0.2, -0.15) is 0 Å². The maximum Gasteiger partial charge on any atom is 0.191 e. The van der Waals surface area contributed by atoms with Gasteiger partial charge in [0.25, 0.3) is 0 Å². The molecule has 0 saturated carbocycles. The molecule has 0 aliphatic heterocycles. The third-order valence-electron chi connectivity index (χ3n) is 3.41. The molecule has 1 aromatic heterocycles. The SMILES string of the molecule is CCOc1cc(C)ccc1CNC(=NC)NCCn1ccnc1. The van der Waals surface area contributed by atoms with Gasteiger partial charge in [0, 0.05) is 44.6 Å². The third kappa shape index (κ3) is 5.32. The van der Waals surface area contributed by atoms with Gasteiger partial charge in [-0.3, -0.25) is 4.99 Å². The number of aliphatic imine (C=N–C) groups is 1. The van der Waals surface area contributed by atoms with Crippen molar-refractivity contribution in [1.82, 2.24) is 20.2 Å². The molecule has 0 aliphatic carbocycles. The second-order valence-corrected chi connectivity index (χ2v) is 5.20. The van der Waals surface area contributed by atoms with Crippen LogP contribution in [-0.2, 0) is 13.1 Å². The van der Waals surface area contributed by atoms with E-state index in [2.05, 4.69) is 45.7 Å². The van der Waals surface area contributed by atoms with Crippen molar-refractivity contribution >= 4 is 5.96 Å². The highest BCUT2D eigenvalue weighted by molar-refractivity contribution is 5.79. The Hall–Kier alpha value is -2.50. The van der Waals surface area contributed by atoms with Gasteiger partial charge in [0.05, 0.1) is 12.9 Å². The van der Waals surface area contributed by atoms with Crippen LogP contribution in [0.5, 0.6) is 5.75 Å². The highest BCUT2D eigenvalue weighted by atomic mass is 16.5. The molecule has 1 heterocycles. The number of aromatic nitrogens is 2. The highest BCUT2D eigenvalue weighted by Crippen LogP contribution is 2.20. The fourth-order valence-corrected chi connectivity index (χ4v) is 2.22. The van der Waals surface area contributed by atoms with Crippen LogP contribution in [-0.4, -0.2) is 35.7 Å². The minimum atomic E-state index is 0.661. The smallest absolute Gasteiger partial charge is 0.191 e. The van der Waals surface area contributed by atoms with Crippen LogP contribution in [0.4, 0.5) is 0 Å². The van der Waals surface area contributed by atoms with Gasteiger partial charge in [0.15, 0.2) is 5.96 Å². The molecule has 2 rings (SSSR count). The van der Waals surface area contributed by atoms with E-state index in [4.69, 9.17) is 4.74 Å². The summed E-state index contributed by atoms with van der Waals surface area (Å²) in [6.45, 7) is 7.01. The summed E-state index contributed by atoms with van der Waals surface area (Å²) in [5.74, 6) is 1.70. The summed E-state index contributed by atoms with van der Waals surface area (Å²) in [5.41, 5.74) is 2.31. The Morgan fingerprint density at radius 1 is 1.35 bits per heavy atom. The van der Waals surface area contributed by atoms with Crippen LogP contribution >= 0.6 is 0 Å². The fraction of sp³-hybridized carbons (Fsp3) is 0.412. The lowest BCUT2D eigenvalue weighted by Gasteiger charge is -2.15. The van der Waals surface area contributed by atoms with Crippen molar-refractivity contribution in [3.63, 3.8) is 0 Å². The summed E-state index contributed by atoms with van der Waals surface area (Å²) in [4.78, 5) is 8.27. The van der Waals surface area contributed by atoms with Gasteiger partial charge in [0.2, 0.25) is 0 Å². The van der Waals surface area contributed by atoms with Crippen LogP contribution in [0.1, 0.15) is 18.1 Å². The summed E-state index contributed by atoms with van der Waals surface area (Å²) >= 11 is 0. The van der Waals surface area contributed by atoms with Crippen LogP contribution in [0.25, 0.3) is 0 Å². The van der Waals surface area contributed by atoms with E-state index in [1.54, 1.807) is 19.6 Å². The molecular formula is C17H25N5O. The zero-order chi connectivity index (χ0) is 16.5. The number of guanidine groups is 1. The maximum absolute atomic E-state index is 5.70. The molecule has 23 heavy (non-hydrogen) atoms. The van der Waals surface area contributed by atoms with Crippen molar-refractivity contribution in [3.8, 4) is 5.75 Å². The quantitative estimate of drug-likeness (QED) is 0.605. The van der Waals surface area contributed by atoms with Crippen LogP contribution in [0.2, 0.25) is 0 Å². The van der Waals surface area contributed by atoms with Gasteiger partial charge >= 0.3 is 0 Å². The molecule has 124 valence electrons. The summed E-state index contributed by atoms with van der Waals surface area (Å²) in [6, 6.07) is 6.25. The standard InChI is InChI=1S/C17H25N5O/c1-4-23-16-11-14(2)5-6-15(16)12-21-17(18-3)20-8-10-22-9-7-19-13-22/h5-7,9,11,13H,4,8,10,12H2,1-3H3,(H2,18,20,21). The first kappa shape index (κ1) is 16.9. The first-order chi connectivity index (χ1) is 11.2. The summed E-state index contributed by atoms with van der Waals surface area (Å²) in [6.07, 6.45) is 5.52. The van der Waals surface area contributed by atoms with E-state index in [1.807, 2.05) is 17.7 Å². The number of nitrogens with zero attached hydrogens (tertiary/aromatic N) is 3. The van der Waals surface area contributed by atoms with Crippen LogP contribution in [0, 0.1) is 6.92 Å². The Bertz CT molecular complexity index is 622. The summed E-state index contributed by atoms with van der Waals surface area (Å²) in [5, 5.41) is 6.61. The number of rotatable bonds is 7. The molecule has 2 aromatic rings. The zero-order valence-electron chi connectivity index (χ0n) is 14.0. The van der Waals surface area contributed by atoms with E-state index < -0.39 is 0 Å². The van der Waals surface area contributed by atoms with E-state index in [-0.39, 0.29) is 0 Å². The van der Waals surface area contributed by atoms with Gasteiger partial charge in [-0.05, 0) is 25.5 Å². The van der Waals surface area contributed by atoms with Gasteiger partial charge in [-0.1, -0.05) is 12.1 Å².